The lowest BCUT2D eigenvalue weighted by atomic mass is 9.72. The van der Waals surface area contributed by atoms with Crippen LogP contribution in [0.4, 0.5) is 5.69 Å². The number of hydrogen-bond donors (Lipinski definition) is 1. The highest BCUT2D eigenvalue weighted by molar-refractivity contribution is 5.88. The van der Waals surface area contributed by atoms with Crippen LogP contribution < -0.4 is 10.2 Å². The Morgan fingerprint density at radius 2 is 1.49 bits per heavy atom. The first kappa shape index (κ1) is 23.2. The number of anilines is 1. The summed E-state index contributed by atoms with van der Waals surface area (Å²) in [7, 11) is 0. The van der Waals surface area contributed by atoms with Crippen LogP contribution in [0.25, 0.3) is 0 Å². The Morgan fingerprint density at radius 1 is 0.829 bits per heavy atom. The third-order valence-electron chi connectivity index (χ3n) is 7.66. The fraction of sp³-hybridized carbons (Fsp3) is 0.333. The molecule has 5 heteroatoms. The molecule has 0 bridgehead atoms. The third kappa shape index (κ3) is 4.81. The highest BCUT2D eigenvalue weighted by Crippen LogP contribution is 2.36. The normalized spacial score (nSPS) is 16.6. The summed E-state index contributed by atoms with van der Waals surface area (Å²) in [5, 5.41) is 3.20. The SMILES string of the molecule is CC(=O)N1CCC(C(=O)NCc2ccc(CN3CCc4ccccc43)cc2)(c2ccccc2)CC1. The molecule has 3 aromatic carbocycles. The van der Waals surface area contributed by atoms with Crippen molar-refractivity contribution in [3.63, 3.8) is 0 Å². The van der Waals surface area contributed by atoms with Gasteiger partial charge in [0.05, 0.1) is 5.41 Å². The molecular weight excluding hydrogens is 434 g/mol. The minimum atomic E-state index is -0.601. The lowest BCUT2D eigenvalue weighted by molar-refractivity contribution is -0.135. The second-order valence-corrected chi connectivity index (χ2v) is 9.75. The van der Waals surface area contributed by atoms with Gasteiger partial charge in [0.2, 0.25) is 11.8 Å². The van der Waals surface area contributed by atoms with Gasteiger partial charge in [-0.1, -0.05) is 72.8 Å². The van der Waals surface area contributed by atoms with Crippen molar-refractivity contribution in [2.24, 2.45) is 0 Å². The van der Waals surface area contributed by atoms with E-state index < -0.39 is 5.41 Å². The number of benzene rings is 3. The topological polar surface area (TPSA) is 52.7 Å². The molecule has 35 heavy (non-hydrogen) atoms. The van der Waals surface area contributed by atoms with Gasteiger partial charge in [-0.25, -0.2) is 0 Å². The summed E-state index contributed by atoms with van der Waals surface area (Å²) in [5.74, 6) is 0.120. The molecule has 0 unspecified atom stereocenters. The maximum atomic E-state index is 13.6. The minimum Gasteiger partial charge on any atom is -0.367 e. The first-order valence-corrected chi connectivity index (χ1v) is 12.6. The van der Waals surface area contributed by atoms with Crippen LogP contribution in [0.2, 0.25) is 0 Å². The molecule has 1 fully saturated rings. The molecule has 0 radical (unpaired) electrons. The van der Waals surface area contributed by atoms with E-state index in [2.05, 4.69) is 58.7 Å². The smallest absolute Gasteiger partial charge is 0.231 e. The van der Waals surface area contributed by atoms with Crippen LogP contribution in [-0.2, 0) is 34.5 Å². The van der Waals surface area contributed by atoms with Crippen molar-refractivity contribution < 1.29 is 9.59 Å². The van der Waals surface area contributed by atoms with E-state index in [0.717, 1.165) is 30.6 Å². The highest BCUT2D eigenvalue weighted by atomic mass is 16.2. The molecule has 180 valence electrons. The van der Waals surface area contributed by atoms with Crippen molar-refractivity contribution in [2.75, 3.05) is 24.5 Å². The van der Waals surface area contributed by atoms with Crippen molar-refractivity contribution in [1.29, 1.82) is 0 Å². The zero-order valence-electron chi connectivity index (χ0n) is 20.4. The van der Waals surface area contributed by atoms with Crippen molar-refractivity contribution in [3.05, 3.63) is 101 Å². The fourth-order valence-electron chi connectivity index (χ4n) is 5.51. The van der Waals surface area contributed by atoms with Crippen molar-refractivity contribution >= 4 is 17.5 Å². The van der Waals surface area contributed by atoms with E-state index >= 15 is 0 Å². The molecule has 5 nitrogen and oxygen atoms in total. The van der Waals surface area contributed by atoms with E-state index in [1.807, 2.05) is 35.2 Å². The Kier molecular flexibility index (Phi) is 6.58. The monoisotopic (exact) mass is 467 g/mol. The molecule has 2 heterocycles. The number of para-hydroxylation sites is 1. The lowest BCUT2D eigenvalue weighted by Crippen LogP contribution is -2.52. The van der Waals surface area contributed by atoms with Gasteiger partial charge >= 0.3 is 0 Å². The molecule has 0 saturated carbocycles. The maximum absolute atomic E-state index is 13.6. The second-order valence-electron chi connectivity index (χ2n) is 9.75. The summed E-state index contributed by atoms with van der Waals surface area (Å²) in [4.78, 5) is 29.7. The van der Waals surface area contributed by atoms with Crippen LogP contribution in [0.3, 0.4) is 0 Å². The number of carbonyl (C=O) groups excluding carboxylic acids is 2. The predicted octanol–water partition coefficient (Wildman–Crippen LogP) is 4.45. The quantitative estimate of drug-likeness (QED) is 0.583. The molecular formula is C30H33N3O2. The van der Waals surface area contributed by atoms with Gasteiger partial charge in [0.15, 0.2) is 0 Å². The van der Waals surface area contributed by atoms with Gasteiger partial charge in [-0.15, -0.1) is 0 Å². The molecule has 2 amide bonds. The van der Waals surface area contributed by atoms with Crippen LogP contribution in [0.5, 0.6) is 0 Å². The Balaban J connectivity index is 1.23. The summed E-state index contributed by atoms with van der Waals surface area (Å²) < 4.78 is 0. The first-order chi connectivity index (χ1) is 17.0. The zero-order valence-corrected chi connectivity index (χ0v) is 20.4. The van der Waals surface area contributed by atoms with Crippen LogP contribution in [0.1, 0.15) is 42.0 Å². The van der Waals surface area contributed by atoms with Gasteiger partial charge in [-0.3, -0.25) is 9.59 Å². The van der Waals surface area contributed by atoms with E-state index in [0.29, 0.717) is 32.5 Å². The standard InChI is InChI=1S/C30H33N3O2/c1-23(34)32-19-16-30(17-20-32,27-8-3-2-4-9-27)29(35)31-21-24-11-13-25(14-12-24)22-33-18-15-26-7-5-6-10-28(26)33/h2-14H,15-22H2,1H3,(H,31,35). The average molecular weight is 468 g/mol. The van der Waals surface area contributed by atoms with Crippen molar-refractivity contribution in [3.8, 4) is 0 Å². The van der Waals surface area contributed by atoms with Crippen LogP contribution in [0.15, 0.2) is 78.9 Å². The maximum Gasteiger partial charge on any atom is 0.231 e. The molecule has 5 rings (SSSR count). The molecule has 0 aliphatic carbocycles. The predicted molar refractivity (Wildman–Crippen MR) is 139 cm³/mol. The third-order valence-corrected chi connectivity index (χ3v) is 7.66. The number of likely N-dealkylation sites (tertiary alicyclic amines) is 1. The first-order valence-electron chi connectivity index (χ1n) is 12.6. The molecule has 0 aromatic heterocycles. The Hall–Kier alpha value is -3.60. The number of rotatable bonds is 6. The Labute approximate surface area is 207 Å². The van der Waals surface area contributed by atoms with E-state index in [9.17, 15) is 9.59 Å². The van der Waals surface area contributed by atoms with Gasteiger partial charge in [0.25, 0.3) is 0 Å². The number of nitrogens with one attached hydrogen (secondary N) is 1. The van der Waals surface area contributed by atoms with Gasteiger partial charge in [-0.2, -0.15) is 0 Å². The number of fused-ring (bicyclic) bond motifs is 1. The Bertz CT molecular complexity index is 1180. The molecule has 0 atom stereocenters. The lowest BCUT2D eigenvalue weighted by Gasteiger charge is -2.40. The van der Waals surface area contributed by atoms with Crippen LogP contribution in [-0.4, -0.2) is 36.3 Å². The summed E-state index contributed by atoms with van der Waals surface area (Å²) in [6, 6.07) is 27.2. The van der Waals surface area contributed by atoms with Gasteiger partial charge in [0, 0.05) is 45.3 Å². The molecule has 2 aliphatic rings. The average Bonchev–Trinajstić information content (AvgIpc) is 3.31. The highest BCUT2D eigenvalue weighted by Gasteiger charge is 2.43. The minimum absolute atomic E-state index is 0.0460. The molecule has 1 saturated heterocycles. The summed E-state index contributed by atoms with van der Waals surface area (Å²) >= 11 is 0. The zero-order chi connectivity index (χ0) is 24.3. The molecule has 1 N–H and O–H groups in total. The van der Waals surface area contributed by atoms with E-state index in [-0.39, 0.29) is 11.8 Å². The Morgan fingerprint density at radius 3 is 2.20 bits per heavy atom. The summed E-state index contributed by atoms with van der Waals surface area (Å²) in [6.07, 6.45) is 2.38. The van der Waals surface area contributed by atoms with Crippen molar-refractivity contribution in [1.82, 2.24) is 10.2 Å². The number of carbonyl (C=O) groups is 2. The second kappa shape index (κ2) is 9.95. The van der Waals surface area contributed by atoms with Crippen LogP contribution >= 0.6 is 0 Å². The number of nitrogens with zero attached hydrogens (tertiary/aromatic N) is 2. The number of amides is 2. The number of piperidine rings is 1. The molecule has 3 aromatic rings. The van der Waals surface area contributed by atoms with Gasteiger partial charge in [-0.05, 0) is 47.6 Å². The largest absolute Gasteiger partial charge is 0.367 e. The number of hydrogen-bond acceptors (Lipinski definition) is 3. The van der Waals surface area contributed by atoms with E-state index in [4.69, 9.17) is 0 Å². The van der Waals surface area contributed by atoms with E-state index in [1.54, 1.807) is 6.92 Å². The summed E-state index contributed by atoms with van der Waals surface area (Å²) in [5.41, 5.74) is 5.56. The van der Waals surface area contributed by atoms with Crippen LogP contribution in [0, 0.1) is 0 Å². The van der Waals surface area contributed by atoms with Crippen molar-refractivity contribution in [2.45, 2.75) is 44.7 Å². The van der Waals surface area contributed by atoms with Gasteiger partial charge in [0.1, 0.15) is 0 Å². The summed E-state index contributed by atoms with van der Waals surface area (Å²) in [6.45, 7) is 5.25. The fourth-order valence-corrected chi connectivity index (χ4v) is 5.51. The van der Waals surface area contributed by atoms with Gasteiger partial charge < -0.3 is 15.1 Å². The van der Waals surface area contributed by atoms with E-state index in [1.165, 1.54) is 16.8 Å². The molecule has 2 aliphatic heterocycles. The molecule has 0 spiro atoms.